The van der Waals surface area contributed by atoms with Gasteiger partial charge in [0.05, 0.1) is 11.3 Å². The maximum absolute atomic E-state index is 12.4. The first kappa shape index (κ1) is 20.0. The van der Waals surface area contributed by atoms with Gasteiger partial charge in [0.2, 0.25) is 0 Å². The monoisotopic (exact) mass is 403 g/mol. The van der Waals surface area contributed by atoms with E-state index in [9.17, 15) is 9.59 Å². The second kappa shape index (κ2) is 10.0. The van der Waals surface area contributed by atoms with Crippen LogP contribution in [0, 0.1) is 0 Å². The number of hydrogen-bond acceptors (Lipinski definition) is 3. The number of hydrazone groups is 1. The summed E-state index contributed by atoms with van der Waals surface area (Å²) in [6.07, 6.45) is 5.08. The number of hydrogen-bond donors (Lipinski definition) is 2. The molecule has 2 amide bonds. The van der Waals surface area contributed by atoms with Crippen molar-refractivity contribution in [1.82, 2.24) is 5.43 Å². The molecule has 0 saturated heterocycles. The van der Waals surface area contributed by atoms with E-state index in [2.05, 4.69) is 15.8 Å². The summed E-state index contributed by atoms with van der Waals surface area (Å²) in [5.41, 5.74) is 4.62. The van der Waals surface area contributed by atoms with Gasteiger partial charge in [0, 0.05) is 16.8 Å². The molecule has 0 bridgehead atoms. The SMILES string of the molecule is O=C(Nc1ccccc1C(=O)NN=CC=Cc1ccccc1)c1ccc(Cl)cc1. The maximum atomic E-state index is 12.4. The number of halogens is 1. The minimum absolute atomic E-state index is 0.305. The summed E-state index contributed by atoms with van der Waals surface area (Å²) in [5.74, 6) is -0.766. The van der Waals surface area contributed by atoms with E-state index < -0.39 is 5.91 Å². The van der Waals surface area contributed by atoms with Crippen LogP contribution >= 0.6 is 11.6 Å². The Hall–Kier alpha value is -3.70. The lowest BCUT2D eigenvalue weighted by atomic mass is 10.1. The molecule has 0 heterocycles. The van der Waals surface area contributed by atoms with E-state index in [1.54, 1.807) is 54.6 Å². The highest BCUT2D eigenvalue weighted by atomic mass is 35.5. The Kier molecular flexibility index (Phi) is 6.92. The van der Waals surface area contributed by atoms with Gasteiger partial charge in [0.1, 0.15) is 0 Å². The Balaban J connectivity index is 1.64. The Morgan fingerprint density at radius 2 is 1.52 bits per heavy atom. The van der Waals surface area contributed by atoms with Gasteiger partial charge in [-0.15, -0.1) is 0 Å². The topological polar surface area (TPSA) is 70.6 Å². The molecule has 144 valence electrons. The highest BCUT2D eigenvalue weighted by Gasteiger charge is 2.13. The van der Waals surface area contributed by atoms with Crippen molar-refractivity contribution in [3.63, 3.8) is 0 Å². The number of benzene rings is 3. The summed E-state index contributed by atoms with van der Waals surface area (Å²) in [7, 11) is 0. The summed E-state index contributed by atoms with van der Waals surface area (Å²) < 4.78 is 0. The average Bonchev–Trinajstić information content (AvgIpc) is 2.75. The number of nitrogens with one attached hydrogen (secondary N) is 2. The van der Waals surface area contributed by atoms with E-state index in [1.807, 2.05) is 36.4 Å². The Labute approximate surface area is 173 Å². The average molecular weight is 404 g/mol. The van der Waals surface area contributed by atoms with Gasteiger partial charge in [-0.05, 0) is 48.0 Å². The fourth-order valence-electron chi connectivity index (χ4n) is 2.50. The molecule has 3 aromatic carbocycles. The molecule has 0 radical (unpaired) electrons. The molecule has 2 N–H and O–H groups in total. The van der Waals surface area contributed by atoms with Crippen LogP contribution in [-0.2, 0) is 0 Å². The van der Waals surface area contributed by atoms with Crippen LogP contribution in [0.1, 0.15) is 26.3 Å². The lowest BCUT2D eigenvalue weighted by Crippen LogP contribution is -2.21. The van der Waals surface area contributed by atoms with Crippen molar-refractivity contribution in [3.05, 3.63) is 107 Å². The molecular weight excluding hydrogens is 386 g/mol. The molecule has 29 heavy (non-hydrogen) atoms. The normalized spacial score (nSPS) is 10.9. The largest absolute Gasteiger partial charge is 0.321 e. The van der Waals surface area contributed by atoms with Crippen molar-refractivity contribution in [1.29, 1.82) is 0 Å². The fourth-order valence-corrected chi connectivity index (χ4v) is 2.63. The van der Waals surface area contributed by atoms with Crippen molar-refractivity contribution >= 4 is 41.4 Å². The van der Waals surface area contributed by atoms with Gasteiger partial charge >= 0.3 is 0 Å². The van der Waals surface area contributed by atoms with Crippen LogP contribution in [0.15, 0.2) is 90.0 Å². The van der Waals surface area contributed by atoms with Gasteiger partial charge < -0.3 is 5.32 Å². The summed E-state index contributed by atoms with van der Waals surface area (Å²) >= 11 is 5.85. The molecular formula is C23H18ClN3O2. The molecule has 0 aromatic heterocycles. The van der Waals surface area contributed by atoms with Gasteiger partial charge in [-0.25, -0.2) is 5.43 Å². The van der Waals surface area contributed by atoms with Gasteiger partial charge in [-0.3, -0.25) is 9.59 Å². The van der Waals surface area contributed by atoms with Crippen LogP contribution in [0.4, 0.5) is 5.69 Å². The van der Waals surface area contributed by atoms with Crippen molar-refractivity contribution in [2.24, 2.45) is 5.10 Å². The number of amides is 2. The van der Waals surface area contributed by atoms with Crippen molar-refractivity contribution in [2.45, 2.75) is 0 Å². The smallest absolute Gasteiger partial charge is 0.273 e. The third-order valence-corrected chi connectivity index (χ3v) is 4.19. The van der Waals surface area contributed by atoms with Crippen LogP contribution < -0.4 is 10.7 Å². The maximum Gasteiger partial charge on any atom is 0.273 e. The van der Waals surface area contributed by atoms with E-state index in [0.29, 0.717) is 21.8 Å². The minimum Gasteiger partial charge on any atom is -0.321 e. The number of rotatable bonds is 6. The molecule has 6 heteroatoms. The molecule has 0 atom stereocenters. The first-order valence-electron chi connectivity index (χ1n) is 8.84. The molecule has 3 aromatic rings. The zero-order chi connectivity index (χ0) is 20.5. The lowest BCUT2D eigenvalue weighted by Gasteiger charge is -2.10. The molecule has 0 unspecified atom stereocenters. The first-order valence-corrected chi connectivity index (χ1v) is 9.22. The summed E-state index contributed by atoms with van der Waals surface area (Å²) in [6.45, 7) is 0. The molecule has 5 nitrogen and oxygen atoms in total. The molecule has 0 aliphatic heterocycles. The number of anilines is 1. The third-order valence-electron chi connectivity index (χ3n) is 3.94. The fraction of sp³-hybridized carbons (Fsp3) is 0. The summed E-state index contributed by atoms with van der Waals surface area (Å²) in [5, 5.41) is 7.20. The van der Waals surface area contributed by atoms with E-state index in [0.717, 1.165) is 5.56 Å². The standard InChI is InChI=1S/C23H18ClN3O2/c24-19-14-12-18(13-15-19)22(28)26-21-11-5-4-10-20(21)23(29)27-25-16-6-9-17-7-2-1-3-8-17/h1-16H,(H,26,28)(H,27,29). The van der Waals surface area contributed by atoms with Crippen LogP contribution in [0.3, 0.4) is 0 Å². The van der Waals surface area contributed by atoms with Crippen LogP contribution in [0.5, 0.6) is 0 Å². The summed E-state index contributed by atoms with van der Waals surface area (Å²) in [4.78, 5) is 24.9. The highest BCUT2D eigenvalue weighted by molar-refractivity contribution is 6.30. The number of allylic oxidation sites excluding steroid dienone is 1. The van der Waals surface area contributed by atoms with E-state index in [-0.39, 0.29) is 5.91 Å². The van der Waals surface area contributed by atoms with Gasteiger partial charge in [0.25, 0.3) is 11.8 Å². The number of carbonyl (C=O) groups is 2. The Bertz CT molecular complexity index is 1050. The molecule has 0 aliphatic rings. The zero-order valence-corrected chi connectivity index (χ0v) is 16.1. The Morgan fingerprint density at radius 1 is 0.828 bits per heavy atom. The van der Waals surface area contributed by atoms with Crippen molar-refractivity contribution < 1.29 is 9.59 Å². The quantitative estimate of drug-likeness (QED) is 0.448. The molecule has 0 saturated carbocycles. The number of carbonyl (C=O) groups excluding carboxylic acids is 2. The minimum atomic E-state index is -0.429. The molecule has 0 aliphatic carbocycles. The molecule has 0 fully saturated rings. The predicted octanol–water partition coefficient (Wildman–Crippen LogP) is 5.02. The first-order chi connectivity index (χ1) is 14.1. The van der Waals surface area contributed by atoms with Gasteiger partial charge in [-0.2, -0.15) is 5.10 Å². The second-order valence-electron chi connectivity index (χ2n) is 6.00. The highest BCUT2D eigenvalue weighted by Crippen LogP contribution is 2.17. The summed E-state index contributed by atoms with van der Waals surface area (Å²) in [6, 6.07) is 22.9. The van der Waals surface area contributed by atoms with Crippen molar-refractivity contribution in [2.75, 3.05) is 5.32 Å². The van der Waals surface area contributed by atoms with E-state index >= 15 is 0 Å². The lowest BCUT2D eigenvalue weighted by molar-refractivity contribution is 0.0956. The second-order valence-corrected chi connectivity index (χ2v) is 6.43. The Morgan fingerprint density at radius 3 is 2.28 bits per heavy atom. The third kappa shape index (κ3) is 5.89. The molecule has 0 spiro atoms. The van der Waals surface area contributed by atoms with E-state index in [4.69, 9.17) is 11.6 Å². The van der Waals surface area contributed by atoms with Crippen LogP contribution in [0.25, 0.3) is 6.08 Å². The van der Waals surface area contributed by atoms with Gasteiger partial charge in [-0.1, -0.05) is 60.1 Å². The van der Waals surface area contributed by atoms with Crippen molar-refractivity contribution in [3.8, 4) is 0 Å². The van der Waals surface area contributed by atoms with Gasteiger partial charge in [0.15, 0.2) is 0 Å². The van der Waals surface area contributed by atoms with E-state index in [1.165, 1.54) is 6.21 Å². The zero-order valence-electron chi connectivity index (χ0n) is 15.4. The molecule has 3 rings (SSSR count). The van der Waals surface area contributed by atoms with Crippen LogP contribution in [0.2, 0.25) is 5.02 Å². The predicted molar refractivity (Wildman–Crippen MR) is 117 cm³/mol. The number of nitrogens with zero attached hydrogens (tertiary/aromatic N) is 1. The van der Waals surface area contributed by atoms with Crippen LogP contribution in [-0.4, -0.2) is 18.0 Å². The number of para-hydroxylation sites is 1.